The molecule has 3 heteroatoms. The number of rotatable bonds is 4. The summed E-state index contributed by atoms with van der Waals surface area (Å²) >= 11 is 0. The van der Waals surface area contributed by atoms with Gasteiger partial charge in [-0.15, -0.1) is 0 Å². The summed E-state index contributed by atoms with van der Waals surface area (Å²) in [6, 6.07) is 5.20. The van der Waals surface area contributed by atoms with E-state index in [2.05, 4.69) is 20.8 Å². The van der Waals surface area contributed by atoms with Crippen molar-refractivity contribution in [2.24, 2.45) is 0 Å². The number of hydrogen-bond acceptors (Lipinski definition) is 3. The highest BCUT2D eigenvalue weighted by molar-refractivity contribution is 5.92. The molecule has 0 aromatic heterocycles. The summed E-state index contributed by atoms with van der Waals surface area (Å²) in [7, 11) is 0. The van der Waals surface area contributed by atoms with E-state index >= 15 is 0 Å². The van der Waals surface area contributed by atoms with Crippen molar-refractivity contribution in [2.75, 3.05) is 0 Å². The average molecular weight is 288 g/mol. The van der Waals surface area contributed by atoms with Gasteiger partial charge < -0.3 is 9.84 Å². The number of allylic oxidation sites excluding steroid dienone is 1. The molecule has 0 fully saturated rings. The van der Waals surface area contributed by atoms with Crippen LogP contribution >= 0.6 is 0 Å². The maximum Gasteiger partial charge on any atom is 0.342 e. The Kier molecular flexibility index (Phi) is 5.05. The lowest BCUT2D eigenvalue weighted by molar-refractivity contribution is 0.0364. The van der Waals surface area contributed by atoms with Gasteiger partial charge in [0.05, 0.1) is 0 Å². The van der Waals surface area contributed by atoms with E-state index in [4.69, 9.17) is 4.74 Å². The van der Waals surface area contributed by atoms with Gasteiger partial charge >= 0.3 is 5.97 Å². The first-order valence-electron chi connectivity index (χ1n) is 7.72. The smallest absolute Gasteiger partial charge is 0.342 e. The molecule has 0 radical (unpaired) electrons. The lowest BCUT2D eigenvalue weighted by atomic mass is 9.96. The van der Waals surface area contributed by atoms with Crippen LogP contribution in [0.4, 0.5) is 0 Å². The zero-order valence-electron chi connectivity index (χ0n) is 13.1. The molecule has 1 aromatic carbocycles. The van der Waals surface area contributed by atoms with Gasteiger partial charge in [-0.05, 0) is 62.3 Å². The third kappa shape index (κ3) is 3.87. The molecule has 0 saturated heterocycles. The molecule has 21 heavy (non-hydrogen) atoms. The third-order valence-corrected chi connectivity index (χ3v) is 4.21. The number of aromatic hydroxyl groups is 1. The quantitative estimate of drug-likeness (QED) is 0.652. The molecule has 0 bridgehead atoms. The SMILES string of the molecule is CCC(C)c1ccc(O)c(C(=O)OC2C=C(C)CCC2)c1. The number of carbonyl (C=O) groups is 1. The molecule has 1 N–H and O–H groups in total. The lowest BCUT2D eigenvalue weighted by Gasteiger charge is -2.20. The molecule has 2 unspecified atom stereocenters. The van der Waals surface area contributed by atoms with E-state index in [1.165, 1.54) is 5.57 Å². The summed E-state index contributed by atoms with van der Waals surface area (Å²) in [5, 5.41) is 9.93. The van der Waals surface area contributed by atoms with E-state index in [0.717, 1.165) is 31.2 Å². The normalized spacial score (nSPS) is 19.8. The fourth-order valence-electron chi connectivity index (χ4n) is 2.62. The summed E-state index contributed by atoms with van der Waals surface area (Å²) in [6.45, 7) is 6.26. The van der Waals surface area contributed by atoms with Crippen molar-refractivity contribution < 1.29 is 14.6 Å². The molecular weight excluding hydrogens is 264 g/mol. The van der Waals surface area contributed by atoms with Crippen LogP contribution in [0.5, 0.6) is 5.75 Å². The Morgan fingerprint density at radius 1 is 1.48 bits per heavy atom. The first kappa shape index (κ1) is 15.6. The van der Waals surface area contributed by atoms with Gasteiger partial charge in [0.15, 0.2) is 0 Å². The zero-order chi connectivity index (χ0) is 15.4. The molecule has 1 aliphatic carbocycles. The van der Waals surface area contributed by atoms with Gasteiger partial charge in [0, 0.05) is 0 Å². The number of ether oxygens (including phenoxy) is 1. The summed E-state index contributed by atoms with van der Waals surface area (Å²) in [5.41, 5.74) is 2.58. The molecular formula is C18H24O3. The molecule has 0 spiro atoms. The summed E-state index contributed by atoms with van der Waals surface area (Å²) in [6.07, 6.45) is 5.80. The minimum Gasteiger partial charge on any atom is -0.507 e. The Morgan fingerprint density at radius 3 is 2.90 bits per heavy atom. The predicted molar refractivity (Wildman–Crippen MR) is 83.6 cm³/mol. The molecule has 1 aliphatic rings. The Bertz CT molecular complexity index is 545. The maximum absolute atomic E-state index is 12.3. The van der Waals surface area contributed by atoms with E-state index in [-0.39, 0.29) is 17.4 Å². The van der Waals surface area contributed by atoms with Gasteiger partial charge in [0.1, 0.15) is 17.4 Å². The lowest BCUT2D eigenvalue weighted by Crippen LogP contribution is -2.19. The largest absolute Gasteiger partial charge is 0.507 e. The van der Waals surface area contributed by atoms with Crippen molar-refractivity contribution in [3.05, 3.63) is 41.0 Å². The van der Waals surface area contributed by atoms with Crippen LogP contribution in [0, 0.1) is 0 Å². The molecule has 2 atom stereocenters. The predicted octanol–water partition coefficient (Wildman–Crippen LogP) is 4.56. The van der Waals surface area contributed by atoms with E-state index in [0.29, 0.717) is 5.92 Å². The van der Waals surface area contributed by atoms with Crippen molar-refractivity contribution in [3.8, 4) is 5.75 Å². The van der Waals surface area contributed by atoms with E-state index < -0.39 is 5.97 Å². The highest BCUT2D eigenvalue weighted by Gasteiger charge is 2.20. The molecule has 0 heterocycles. The van der Waals surface area contributed by atoms with E-state index in [1.54, 1.807) is 12.1 Å². The minimum atomic E-state index is -0.436. The monoisotopic (exact) mass is 288 g/mol. The molecule has 1 aromatic rings. The van der Waals surface area contributed by atoms with Crippen molar-refractivity contribution in [1.82, 2.24) is 0 Å². The van der Waals surface area contributed by atoms with Crippen LogP contribution in [0.1, 0.15) is 68.3 Å². The Morgan fingerprint density at radius 2 is 2.24 bits per heavy atom. The number of carbonyl (C=O) groups excluding carboxylic acids is 1. The molecule has 114 valence electrons. The molecule has 0 saturated carbocycles. The van der Waals surface area contributed by atoms with Crippen LogP contribution in [0.15, 0.2) is 29.8 Å². The van der Waals surface area contributed by atoms with Crippen molar-refractivity contribution in [2.45, 2.75) is 58.5 Å². The summed E-state index contributed by atoms with van der Waals surface area (Å²) in [4.78, 5) is 12.3. The Balaban J connectivity index is 2.16. The fraction of sp³-hybridized carbons (Fsp3) is 0.500. The highest BCUT2D eigenvalue weighted by Crippen LogP contribution is 2.27. The fourth-order valence-corrected chi connectivity index (χ4v) is 2.62. The number of hydrogen-bond donors (Lipinski definition) is 1. The van der Waals surface area contributed by atoms with Crippen LogP contribution < -0.4 is 0 Å². The number of benzene rings is 1. The Hall–Kier alpha value is -1.77. The Labute approximate surface area is 126 Å². The zero-order valence-corrected chi connectivity index (χ0v) is 13.1. The molecule has 2 rings (SSSR count). The van der Waals surface area contributed by atoms with Crippen LogP contribution in [-0.2, 0) is 4.74 Å². The van der Waals surface area contributed by atoms with Gasteiger partial charge in [-0.25, -0.2) is 4.79 Å². The van der Waals surface area contributed by atoms with Crippen molar-refractivity contribution in [3.63, 3.8) is 0 Å². The van der Waals surface area contributed by atoms with Gasteiger partial charge in [0.25, 0.3) is 0 Å². The standard InChI is InChI=1S/C18H24O3/c1-4-13(3)14-8-9-17(19)16(11-14)18(20)21-15-7-5-6-12(2)10-15/h8-11,13,15,19H,4-7H2,1-3H3. The highest BCUT2D eigenvalue weighted by atomic mass is 16.5. The van der Waals surface area contributed by atoms with Gasteiger partial charge in [-0.1, -0.05) is 25.5 Å². The topological polar surface area (TPSA) is 46.5 Å². The number of phenolic OH excluding ortho intramolecular Hbond substituents is 1. The molecule has 3 nitrogen and oxygen atoms in total. The molecule has 0 amide bonds. The van der Waals surface area contributed by atoms with Crippen molar-refractivity contribution in [1.29, 1.82) is 0 Å². The average Bonchev–Trinajstić information content (AvgIpc) is 2.46. The third-order valence-electron chi connectivity index (χ3n) is 4.21. The van der Waals surface area contributed by atoms with Crippen LogP contribution in [0.2, 0.25) is 0 Å². The van der Waals surface area contributed by atoms with Crippen molar-refractivity contribution >= 4 is 5.97 Å². The first-order chi connectivity index (χ1) is 10.0. The van der Waals surface area contributed by atoms with E-state index in [1.807, 2.05) is 12.1 Å². The number of phenols is 1. The minimum absolute atomic E-state index is 0.0106. The first-order valence-corrected chi connectivity index (χ1v) is 7.72. The van der Waals surface area contributed by atoms with Gasteiger partial charge in [0.2, 0.25) is 0 Å². The number of esters is 1. The second-order valence-corrected chi connectivity index (χ2v) is 5.93. The van der Waals surface area contributed by atoms with Gasteiger partial charge in [-0.2, -0.15) is 0 Å². The van der Waals surface area contributed by atoms with E-state index in [9.17, 15) is 9.90 Å². The van der Waals surface area contributed by atoms with Crippen LogP contribution in [0.3, 0.4) is 0 Å². The van der Waals surface area contributed by atoms with Crippen LogP contribution in [0.25, 0.3) is 0 Å². The van der Waals surface area contributed by atoms with Crippen LogP contribution in [-0.4, -0.2) is 17.2 Å². The second kappa shape index (κ2) is 6.79. The van der Waals surface area contributed by atoms with Gasteiger partial charge in [-0.3, -0.25) is 0 Å². The summed E-state index contributed by atoms with van der Waals surface area (Å²) < 4.78 is 5.52. The maximum atomic E-state index is 12.3. The molecule has 0 aliphatic heterocycles. The summed E-state index contributed by atoms with van der Waals surface area (Å²) in [5.74, 6) is -0.0915. The second-order valence-electron chi connectivity index (χ2n) is 5.93.